The zero-order valence-electron chi connectivity index (χ0n) is 14.4. The normalized spacial score (nSPS) is 18.4. The first-order valence-corrected chi connectivity index (χ1v) is 11.2. The molecule has 0 unspecified atom stereocenters. The van der Waals surface area contributed by atoms with E-state index in [1.54, 1.807) is 0 Å². The molecule has 27 heavy (non-hydrogen) atoms. The molecule has 1 aliphatic heterocycles. The lowest BCUT2D eigenvalue weighted by Crippen LogP contribution is -2.40. The highest BCUT2D eigenvalue weighted by molar-refractivity contribution is 7.91. The summed E-state index contributed by atoms with van der Waals surface area (Å²) >= 11 is 7.32. The van der Waals surface area contributed by atoms with Gasteiger partial charge in [-0.1, -0.05) is 11.6 Å². The molecule has 1 amide bonds. The Kier molecular flexibility index (Phi) is 5.55. The lowest BCUT2D eigenvalue weighted by atomic mass is 10.1. The van der Waals surface area contributed by atoms with Crippen molar-refractivity contribution in [2.24, 2.45) is 0 Å². The van der Waals surface area contributed by atoms with Gasteiger partial charge in [0.05, 0.1) is 23.0 Å². The van der Waals surface area contributed by atoms with Crippen molar-refractivity contribution < 1.29 is 18.1 Å². The van der Waals surface area contributed by atoms with Crippen LogP contribution < -0.4 is 0 Å². The van der Waals surface area contributed by atoms with Crippen molar-refractivity contribution in [2.45, 2.75) is 25.9 Å². The molecule has 1 fully saturated rings. The number of sulfone groups is 1. The molecule has 1 saturated heterocycles. The number of thiophene rings is 1. The molecule has 10 heteroatoms. The summed E-state index contributed by atoms with van der Waals surface area (Å²) < 4.78 is 23.8. The van der Waals surface area contributed by atoms with E-state index in [1.165, 1.54) is 28.4 Å². The minimum Gasteiger partial charge on any atom is -0.329 e. The van der Waals surface area contributed by atoms with Crippen LogP contribution in [0.15, 0.2) is 29.6 Å². The van der Waals surface area contributed by atoms with E-state index in [4.69, 9.17) is 11.6 Å². The molecule has 0 saturated carbocycles. The lowest BCUT2D eigenvalue weighted by molar-refractivity contribution is -0.384. The van der Waals surface area contributed by atoms with Gasteiger partial charge in [-0.15, -0.1) is 11.3 Å². The Hall–Kier alpha value is -1.97. The van der Waals surface area contributed by atoms with E-state index in [2.05, 4.69) is 0 Å². The Bertz CT molecular complexity index is 1000. The molecule has 0 radical (unpaired) electrons. The summed E-state index contributed by atoms with van der Waals surface area (Å²) in [4.78, 5) is 26.1. The summed E-state index contributed by atoms with van der Waals surface area (Å²) in [5.41, 5.74) is 0.777. The van der Waals surface area contributed by atoms with Gasteiger partial charge < -0.3 is 4.90 Å². The highest BCUT2D eigenvalue weighted by Gasteiger charge is 2.35. The first kappa shape index (κ1) is 19.8. The number of halogens is 1. The highest BCUT2D eigenvalue weighted by Crippen LogP contribution is 2.29. The van der Waals surface area contributed by atoms with Crippen LogP contribution in [-0.4, -0.2) is 41.7 Å². The number of carbonyl (C=O) groups excluding carboxylic acids is 1. The van der Waals surface area contributed by atoms with Crippen molar-refractivity contribution in [3.63, 3.8) is 0 Å². The van der Waals surface area contributed by atoms with Crippen LogP contribution in [0, 0.1) is 17.0 Å². The van der Waals surface area contributed by atoms with E-state index < -0.39 is 26.7 Å². The summed E-state index contributed by atoms with van der Waals surface area (Å²) in [5, 5.41) is 13.0. The zero-order chi connectivity index (χ0) is 19.8. The number of carbonyl (C=O) groups is 1. The number of rotatable bonds is 5. The van der Waals surface area contributed by atoms with Crippen LogP contribution in [0.3, 0.4) is 0 Å². The van der Waals surface area contributed by atoms with Crippen molar-refractivity contribution >= 4 is 44.4 Å². The quantitative estimate of drug-likeness (QED) is 0.536. The fourth-order valence-corrected chi connectivity index (χ4v) is 5.88. The Labute approximate surface area is 165 Å². The van der Waals surface area contributed by atoms with E-state index in [0.29, 0.717) is 6.42 Å². The molecule has 1 aliphatic rings. The number of hydrogen-bond acceptors (Lipinski definition) is 6. The molecule has 0 aliphatic carbocycles. The number of hydrogen-bond donors (Lipinski definition) is 0. The van der Waals surface area contributed by atoms with Gasteiger partial charge in [-0.05, 0) is 42.5 Å². The average molecular weight is 429 g/mol. The molecule has 0 spiro atoms. The van der Waals surface area contributed by atoms with Gasteiger partial charge in [0.25, 0.3) is 11.6 Å². The van der Waals surface area contributed by atoms with Gasteiger partial charge >= 0.3 is 0 Å². The van der Waals surface area contributed by atoms with Crippen LogP contribution in [0.25, 0.3) is 0 Å². The van der Waals surface area contributed by atoms with Gasteiger partial charge in [0.1, 0.15) is 5.02 Å². The maximum absolute atomic E-state index is 13.1. The molecule has 1 atom stereocenters. The third-order valence-corrected chi connectivity index (χ3v) is 7.66. The summed E-state index contributed by atoms with van der Waals surface area (Å²) in [6.45, 7) is 2.19. The van der Waals surface area contributed by atoms with Crippen LogP contribution in [-0.2, 0) is 16.4 Å². The molecular formula is C17H17ClN2O5S2. The van der Waals surface area contributed by atoms with Gasteiger partial charge in [-0.2, -0.15) is 0 Å². The Morgan fingerprint density at radius 1 is 1.41 bits per heavy atom. The van der Waals surface area contributed by atoms with Gasteiger partial charge in [0.15, 0.2) is 9.84 Å². The maximum atomic E-state index is 13.1. The highest BCUT2D eigenvalue weighted by atomic mass is 35.5. The molecule has 0 bridgehead atoms. The van der Waals surface area contributed by atoms with E-state index >= 15 is 0 Å². The van der Waals surface area contributed by atoms with Crippen molar-refractivity contribution in [3.05, 3.63) is 60.8 Å². The van der Waals surface area contributed by atoms with Crippen molar-refractivity contribution in [1.82, 2.24) is 4.90 Å². The summed E-state index contributed by atoms with van der Waals surface area (Å²) in [7, 11) is -3.19. The minimum absolute atomic E-state index is 0.0334. The van der Waals surface area contributed by atoms with Crippen LogP contribution >= 0.6 is 22.9 Å². The molecule has 3 rings (SSSR count). The van der Waals surface area contributed by atoms with Crippen LogP contribution in [0.2, 0.25) is 5.02 Å². The number of nitrogens with zero attached hydrogens (tertiary/aromatic N) is 2. The van der Waals surface area contributed by atoms with E-state index in [0.717, 1.165) is 16.5 Å². The molecule has 144 valence electrons. The fourth-order valence-electron chi connectivity index (χ4n) is 3.06. The predicted molar refractivity (Wildman–Crippen MR) is 104 cm³/mol. The Balaban J connectivity index is 1.97. The third-order valence-electron chi connectivity index (χ3n) is 4.58. The standard InChI is InChI=1S/C17H17ClN2O5S2/c1-11-4-6-26-16(11)9-19(13-5-7-27(24,25)10-13)17(21)12-2-3-14(18)15(8-12)20(22)23/h2-4,6,8,13H,5,7,9-10H2,1H3/t13-/m1/s1. The van der Waals surface area contributed by atoms with Gasteiger partial charge in [-0.25, -0.2) is 8.42 Å². The summed E-state index contributed by atoms with van der Waals surface area (Å²) in [6.07, 6.45) is 0.355. The topological polar surface area (TPSA) is 97.6 Å². The number of nitro benzene ring substituents is 1. The summed E-state index contributed by atoms with van der Waals surface area (Å²) in [5.74, 6) is -0.505. The predicted octanol–water partition coefficient (Wildman–Crippen LogP) is 3.45. The molecular weight excluding hydrogens is 412 g/mol. The largest absolute Gasteiger partial charge is 0.329 e. The second-order valence-corrected chi connectivity index (χ2v) is 10.1. The number of amides is 1. The Morgan fingerprint density at radius 3 is 2.70 bits per heavy atom. The average Bonchev–Trinajstić information content (AvgIpc) is 3.17. The molecule has 7 nitrogen and oxygen atoms in total. The van der Waals surface area contributed by atoms with Crippen LogP contribution in [0.1, 0.15) is 27.2 Å². The fraction of sp³-hybridized carbons (Fsp3) is 0.353. The number of aryl methyl sites for hydroxylation is 1. The van der Waals surface area contributed by atoms with Crippen molar-refractivity contribution in [3.8, 4) is 0 Å². The van der Waals surface area contributed by atoms with Crippen LogP contribution in [0.5, 0.6) is 0 Å². The first-order valence-electron chi connectivity index (χ1n) is 8.16. The van der Waals surface area contributed by atoms with Gasteiger partial charge in [-0.3, -0.25) is 14.9 Å². The number of nitro groups is 1. The Morgan fingerprint density at radius 2 is 2.15 bits per heavy atom. The molecule has 1 aromatic heterocycles. The summed E-state index contributed by atoms with van der Waals surface area (Å²) in [6, 6.07) is 5.35. The molecule has 2 heterocycles. The first-order chi connectivity index (χ1) is 12.7. The monoisotopic (exact) mass is 428 g/mol. The van der Waals surface area contributed by atoms with E-state index in [-0.39, 0.29) is 34.3 Å². The SMILES string of the molecule is Cc1ccsc1CN(C(=O)c1ccc(Cl)c([N+](=O)[O-])c1)[C@@H]1CCS(=O)(=O)C1. The smallest absolute Gasteiger partial charge is 0.288 e. The van der Waals surface area contributed by atoms with Gasteiger partial charge in [0.2, 0.25) is 0 Å². The minimum atomic E-state index is -3.19. The maximum Gasteiger partial charge on any atom is 0.288 e. The van der Waals surface area contributed by atoms with Crippen molar-refractivity contribution in [1.29, 1.82) is 0 Å². The number of benzene rings is 1. The molecule has 2 aromatic rings. The van der Waals surface area contributed by atoms with E-state index in [9.17, 15) is 23.3 Å². The van der Waals surface area contributed by atoms with E-state index in [1.807, 2.05) is 18.4 Å². The second-order valence-electron chi connectivity index (χ2n) is 6.44. The third kappa shape index (κ3) is 4.31. The molecule has 0 N–H and O–H groups in total. The van der Waals surface area contributed by atoms with Crippen molar-refractivity contribution in [2.75, 3.05) is 11.5 Å². The lowest BCUT2D eigenvalue weighted by Gasteiger charge is -2.28. The zero-order valence-corrected chi connectivity index (χ0v) is 16.8. The van der Waals surface area contributed by atoms with Crippen LogP contribution in [0.4, 0.5) is 5.69 Å². The second kappa shape index (κ2) is 7.57. The molecule has 1 aromatic carbocycles. The van der Waals surface area contributed by atoms with Gasteiger partial charge in [0, 0.05) is 22.5 Å².